The number of amides is 1. The van der Waals surface area contributed by atoms with E-state index in [1.54, 1.807) is 35.4 Å². The number of anilines is 1. The van der Waals surface area contributed by atoms with Crippen LogP contribution in [0, 0.1) is 0 Å². The third-order valence-electron chi connectivity index (χ3n) is 4.86. The molecule has 4 rings (SSSR count). The van der Waals surface area contributed by atoms with Crippen LogP contribution in [-0.2, 0) is 6.54 Å². The number of aromatic nitrogens is 1. The summed E-state index contributed by atoms with van der Waals surface area (Å²) < 4.78 is 7.24. The molecule has 0 radical (unpaired) electrons. The van der Waals surface area contributed by atoms with E-state index < -0.39 is 0 Å². The molecule has 28 heavy (non-hydrogen) atoms. The van der Waals surface area contributed by atoms with Crippen LogP contribution in [0.15, 0.2) is 70.0 Å². The molecule has 0 bridgehead atoms. The van der Waals surface area contributed by atoms with E-state index in [0.29, 0.717) is 49.3 Å². The van der Waals surface area contributed by atoms with E-state index in [1.807, 2.05) is 24.3 Å². The normalized spacial score (nSPS) is 14.3. The topological polar surface area (TPSA) is 58.7 Å². The zero-order valence-electron chi connectivity index (χ0n) is 15.3. The van der Waals surface area contributed by atoms with Gasteiger partial charge >= 0.3 is 0 Å². The number of piperazine rings is 1. The predicted octanol–water partition coefficient (Wildman–Crippen LogP) is 3.11. The number of halogens is 1. The Morgan fingerprint density at radius 1 is 0.964 bits per heavy atom. The molecule has 0 saturated carbocycles. The third-order valence-corrected chi connectivity index (χ3v) is 5.18. The Morgan fingerprint density at radius 3 is 2.46 bits per heavy atom. The lowest BCUT2D eigenvalue weighted by atomic mass is 10.2. The van der Waals surface area contributed by atoms with E-state index in [2.05, 4.69) is 4.90 Å². The minimum atomic E-state index is -0.134. The highest BCUT2D eigenvalue weighted by atomic mass is 35.5. The van der Waals surface area contributed by atoms with Crippen molar-refractivity contribution in [2.45, 2.75) is 6.54 Å². The van der Waals surface area contributed by atoms with Crippen molar-refractivity contribution in [2.24, 2.45) is 0 Å². The Hall–Kier alpha value is -2.99. The van der Waals surface area contributed by atoms with E-state index in [9.17, 15) is 9.59 Å². The van der Waals surface area contributed by atoms with Crippen LogP contribution in [0.3, 0.4) is 0 Å². The van der Waals surface area contributed by atoms with E-state index >= 15 is 0 Å². The monoisotopic (exact) mass is 397 g/mol. The number of nitrogens with zero attached hydrogens (tertiary/aromatic N) is 3. The number of hydrogen-bond donors (Lipinski definition) is 0. The fraction of sp³-hybridized carbons (Fsp3) is 0.238. The summed E-state index contributed by atoms with van der Waals surface area (Å²) in [5.41, 5.74) is 0.882. The first-order valence-electron chi connectivity index (χ1n) is 9.15. The first kappa shape index (κ1) is 18.4. The van der Waals surface area contributed by atoms with Gasteiger partial charge in [0.05, 0.1) is 17.3 Å². The Bertz CT molecular complexity index is 1030. The van der Waals surface area contributed by atoms with Crippen molar-refractivity contribution in [3.8, 4) is 0 Å². The molecule has 3 aromatic rings. The molecule has 144 valence electrons. The number of rotatable bonds is 4. The highest BCUT2D eigenvalue weighted by Gasteiger charge is 2.25. The maximum atomic E-state index is 12.8. The average molecular weight is 398 g/mol. The first-order chi connectivity index (χ1) is 13.6. The number of benzene rings is 1. The Balaban J connectivity index is 1.39. The standard InChI is InChI=1S/C21H20ClN3O3/c22-17-5-1-2-6-18(17)23-11-13-24(14-12-23)21(27)19-9-8-16(28-19)15-25-10-4-3-7-20(25)26/h1-10H,11-15H2. The van der Waals surface area contributed by atoms with Crippen molar-refractivity contribution in [1.29, 1.82) is 0 Å². The second-order valence-corrected chi connectivity index (χ2v) is 7.07. The van der Waals surface area contributed by atoms with Gasteiger partial charge < -0.3 is 18.8 Å². The lowest BCUT2D eigenvalue weighted by Crippen LogP contribution is -2.48. The zero-order chi connectivity index (χ0) is 19.5. The van der Waals surface area contributed by atoms with Crippen molar-refractivity contribution in [3.63, 3.8) is 0 Å². The van der Waals surface area contributed by atoms with Crippen molar-refractivity contribution >= 4 is 23.2 Å². The van der Waals surface area contributed by atoms with Gasteiger partial charge in [-0.15, -0.1) is 0 Å². The van der Waals surface area contributed by atoms with E-state index in [0.717, 1.165) is 5.69 Å². The van der Waals surface area contributed by atoms with Crippen molar-refractivity contribution in [1.82, 2.24) is 9.47 Å². The number of carbonyl (C=O) groups is 1. The summed E-state index contributed by atoms with van der Waals surface area (Å²) >= 11 is 6.27. The highest BCUT2D eigenvalue weighted by molar-refractivity contribution is 6.33. The Kier molecular flexibility index (Phi) is 5.21. The second-order valence-electron chi connectivity index (χ2n) is 6.66. The van der Waals surface area contributed by atoms with Crippen LogP contribution < -0.4 is 10.5 Å². The van der Waals surface area contributed by atoms with Crippen LogP contribution in [-0.4, -0.2) is 41.6 Å². The molecule has 0 atom stereocenters. The van der Waals surface area contributed by atoms with E-state index in [1.165, 1.54) is 10.6 Å². The molecular weight excluding hydrogens is 378 g/mol. The summed E-state index contributed by atoms with van der Waals surface area (Å²) in [7, 11) is 0. The van der Waals surface area contributed by atoms with Gasteiger partial charge in [-0.25, -0.2) is 0 Å². The van der Waals surface area contributed by atoms with Crippen LogP contribution in [0.25, 0.3) is 0 Å². The maximum Gasteiger partial charge on any atom is 0.289 e. The molecule has 2 aromatic heterocycles. The summed E-state index contributed by atoms with van der Waals surface area (Å²) in [5.74, 6) is 0.738. The van der Waals surface area contributed by atoms with Gasteiger partial charge in [-0.2, -0.15) is 0 Å². The van der Waals surface area contributed by atoms with E-state index in [4.69, 9.17) is 16.0 Å². The summed E-state index contributed by atoms with van der Waals surface area (Å²) in [6.45, 7) is 2.91. The third kappa shape index (κ3) is 3.82. The van der Waals surface area contributed by atoms with E-state index in [-0.39, 0.29) is 11.5 Å². The molecular formula is C21H20ClN3O3. The molecule has 1 aliphatic heterocycles. The Labute approximate surface area is 167 Å². The molecule has 3 heterocycles. The fourth-order valence-corrected chi connectivity index (χ4v) is 3.61. The van der Waals surface area contributed by atoms with Gasteiger partial charge in [-0.3, -0.25) is 9.59 Å². The predicted molar refractivity (Wildman–Crippen MR) is 108 cm³/mol. The number of para-hydroxylation sites is 1. The van der Waals surface area contributed by atoms with Gasteiger partial charge in [0.25, 0.3) is 11.5 Å². The van der Waals surface area contributed by atoms with Crippen LogP contribution in [0.5, 0.6) is 0 Å². The highest BCUT2D eigenvalue weighted by Crippen LogP contribution is 2.26. The van der Waals surface area contributed by atoms with Crippen molar-refractivity contribution < 1.29 is 9.21 Å². The molecule has 1 saturated heterocycles. The van der Waals surface area contributed by atoms with Gasteiger partial charge in [-0.05, 0) is 30.3 Å². The van der Waals surface area contributed by atoms with Gasteiger partial charge in [0.1, 0.15) is 5.76 Å². The average Bonchev–Trinajstić information content (AvgIpc) is 3.18. The van der Waals surface area contributed by atoms with Crippen molar-refractivity contribution in [2.75, 3.05) is 31.1 Å². The van der Waals surface area contributed by atoms with Crippen LogP contribution in [0.1, 0.15) is 16.3 Å². The largest absolute Gasteiger partial charge is 0.454 e. The van der Waals surface area contributed by atoms with Crippen LogP contribution in [0.2, 0.25) is 5.02 Å². The number of furan rings is 1. The molecule has 6 nitrogen and oxygen atoms in total. The summed E-state index contributed by atoms with van der Waals surface area (Å²) in [6, 6.07) is 16.1. The molecule has 7 heteroatoms. The molecule has 0 spiro atoms. The van der Waals surface area contributed by atoms with Crippen LogP contribution in [0.4, 0.5) is 5.69 Å². The van der Waals surface area contributed by atoms with Gasteiger partial charge in [0.15, 0.2) is 5.76 Å². The molecule has 0 unspecified atom stereocenters. The molecule has 1 aromatic carbocycles. The minimum Gasteiger partial charge on any atom is -0.454 e. The van der Waals surface area contributed by atoms with Gasteiger partial charge in [0, 0.05) is 38.4 Å². The lowest BCUT2D eigenvalue weighted by Gasteiger charge is -2.36. The Morgan fingerprint density at radius 2 is 1.71 bits per heavy atom. The summed E-state index contributed by atoms with van der Waals surface area (Å²) in [6.07, 6.45) is 1.69. The molecule has 1 fully saturated rings. The number of hydrogen-bond acceptors (Lipinski definition) is 4. The number of carbonyl (C=O) groups excluding carboxylic acids is 1. The quantitative estimate of drug-likeness (QED) is 0.678. The second kappa shape index (κ2) is 7.94. The lowest BCUT2D eigenvalue weighted by molar-refractivity contribution is 0.0712. The first-order valence-corrected chi connectivity index (χ1v) is 9.52. The zero-order valence-corrected chi connectivity index (χ0v) is 16.0. The van der Waals surface area contributed by atoms with Crippen molar-refractivity contribution in [3.05, 3.63) is 87.7 Å². The summed E-state index contributed by atoms with van der Waals surface area (Å²) in [5, 5.41) is 0.717. The maximum absolute atomic E-state index is 12.8. The minimum absolute atomic E-state index is 0.109. The van der Waals surface area contributed by atoms with Crippen LogP contribution >= 0.6 is 11.6 Å². The smallest absolute Gasteiger partial charge is 0.289 e. The van der Waals surface area contributed by atoms with Gasteiger partial charge in [0.2, 0.25) is 0 Å². The SMILES string of the molecule is O=C(c1ccc(Cn2ccccc2=O)o1)N1CCN(c2ccccc2Cl)CC1. The molecule has 1 amide bonds. The molecule has 0 N–H and O–H groups in total. The molecule has 1 aliphatic rings. The van der Waals surface area contributed by atoms with Gasteiger partial charge in [-0.1, -0.05) is 29.8 Å². The summed E-state index contributed by atoms with van der Waals surface area (Å²) in [4.78, 5) is 28.5. The molecule has 0 aliphatic carbocycles. The fourth-order valence-electron chi connectivity index (χ4n) is 3.35. The number of pyridine rings is 1.